The Labute approximate surface area is 134 Å². The Hall–Kier alpha value is -1.41. The van der Waals surface area contributed by atoms with E-state index in [0.29, 0.717) is 30.6 Å². The second kappa shape index (κ2) is 6.37. The van der Waals surface area contributed by atoms with Crippen molar-refractivity contribution in [3.8, 4) is 0 Å². The number of nitrogens with one attached hydrogen (secondary N) is 1. The molecule has 1 fully saturated rings. The first kappa shape index (κ1) is 17.0. The third-order valence-corrected chi connectivity index (χ3v) is 5.65. The summed E-state index contributed by atoms with van der Waals surface area (Å²) >= 11 is 0. The second-order valence-electron chi connectivity index (χ2n) is 5.12. The molecule has 1 aliphatic rings. The predicted molar refractivity (Wildman–Crippen MR) is 86.0 cm³/mol. The van der Waals surface area contributed by atoms with Crippen LogP contribution < -0.4 is 10.9 Å². The van der Waals surface area contributed by atoms with Crippen LogP contribution in [-0.4, -0.2) is 38.4 Å². The molecule has 6 nitrogen and oxygen atoms in total. The summed E-state index contributed by atoms with van der Waals surface area (Å²) in [7, 11) is -3.54. The molecule has 0 aliphatic carbocycles. The van der Waals surface area contributed by atoms with Crippen LogP contribution in [0.4, 0.5) is 0 Å². The van der Waals surface area contributed by atoms with Gasteiger partial charge in [-0.15, -0.1) is 12.4 Å². The highest BCUT2D eigenvalue weighted by Crippen LogP contribution is 2.23. The van der Waals surface area contributed by atoms with Crippen LogP contribution in [0.3, 0.4) is 0 Å². The number of hydrogen-bond acceptors (Lipinski definition) is 5. The first-order valence-corrected chi connectivity index (χ1v) is 8.19. The number of nitrogens with zero attached hydrogens (tertiary/aromatic N) is 1. The van der Waals surface area contributed by atoms with Gasteiger partial charge in [0.25, 0.3) is 0 Å². The van der Waals surface area contributed by atoms with Gasteiger partial charge in [0.1, 0.15) is 5.58 Å². The molecule has 0 spiro atoms. The molecule has 2 aromatic rings. The summed E-state index contributed by atoms with van der Waals surface area (Å²) in [6.45, 7) is 3.61. The molecule has 1 aromatic carbocycles. The number of fused-ring (bicyclic) bond motifs is 1. The van der Waals surface area contributed by atoms with Crippen LogP contribution in [0, 0.1) is 0 Å². The molecule has 0 radical (unpaired) electrons. The van der Waals surface area contributed by atoms with Gasteiger partial charge in [0.2, 0.25) is 10.0 Å². The molecule has 0 bridgehead atoms. The number of sulfonamides is 1. The molecular formula is C14H17ClN2O4S. The van der Waals surface area contributed by atoms with Gasteiger partial charge in [-0.3, -0.25) is 0 Å². The maximum Gasteiger partial charge on any atom is 0.336 e. The van der Waals surface area contributed by atoms with E-state index in [0.717, 1.165) is 0 Å². The lowest BCUT2D eigenvalue weighted by molar-refractivity contribution is 0.284. The van der Waals surface area contributed by atoms with Gasteiger partial charge in [-0.2, -0.15) is 4.31 Å². The average molecular weight is 345 g/mol. The fraction of sp³-hybridized carbons (Fsp3) is 0.357. The van der Waals surface area contributed by atoms with Crippen molar-refractivity contribution in [3.63, 3.8) is 0 Å². The first-order chi connectivity index (χ1) is 9.98. The van der Waals surface area contributed by atoms with Crippen LogP contribution in [0.25, 0.3) is 11.0 Å². The Morgan fingerprint density at radius 1 is 1.27 bits per heavy atom. The zero-order valence-corrected chi connectivity index (χ0v) is 13.6. The number of piperazine rings is 1. The van der Waals surface area contributed by atoms with Crippen molar-refractivity contribution in [2.75, 3.05) is 19.6 Å². The fourth-order valence-electron chi connectivity index (χ4n) is 2.53. The van der Waals surface area contributed by atoms with Crippen molar-refractivity contribution in [2.24, 2.45) is 0 Å². The normalized spacial score (nSPS) is 19.8. The molecule has 1 saturated heterocycles. The van der Waals surface area contributed by atoms with Gasteiger partial charge in [-0.05, 0) is 31.2 Å². The van der Waals surface area contributed by atoms with E-state index in [1.54, 1.807) is 12.1 Å². The Morgan fingerprint density at radius 3 is 2.77 bits per heavy atom. The maximum atomic E-state index is 12.7. The highest BCUT2D eigenvalue weighted by atomic mass is 35.5. The minimum Gasteiger partial charge on any atom is -0.423 e. The van der Waals surface area contributed by atoms with Crippen molar-refractivity contribution in [1.29, 1.82) is 0 Å². The quantitative estimate of drug-likeness (QED) is 0.828. The lowest BCUT2D eigenvalue weighted by Gasteiger charge is -2.32. The van der Waals surface area contributed by atoms with Crippen LogP contribution >= 0.6 is 12.4 Å². The Bertz CT molecular complexity index is 834. The molecule has 0 saturated carbocycles. The van der Waals surface area contributed by atoms with Gasteiger partial charge in [-0.25, -0.2) is 13.2 Å². The predicted octanol–water partition coefficient (Wildman–Crippen LogP) is 1.20. The van der Waals surface area contributed by atoms with Crippen LogP contribution in [0.5, 0.6) is 0 Å². The van der Waals surface area contributed by atoms with E-state index in [9.17, 15) is 13.2 Å². The molecule has 1 N–H and O–H groups in total. The summed E-state index contributed by atoms with van der Waals surface area (Å²) in [5.41, 5.74) is -0.0661. The summed E-state index contributed by atoms with van der Waals surface area (Å²) in [6, 6.07) is 7.31. The molecule has 120 valence electrons. The monoisotopic (exact) mass is 344 g/mol. The molecular weight excluding hydrogens is 328 g/mol. The van der Waals surface area contributed by atoms with E-state index < -0.39 is 15.6 Å². The van der Waals surface area contributed by atoms with Gasteiger partial charge in [0, 0.05) is 37.1 Å². The Morgan fingerprint density at radius 2 is 2.05 bits per heavy atom. The van der Waals surface area contributed by atoms with Gasteiger partial charge >= 0.3 is 5.63 Å². The van der Waals surface area contributed by atoms with E-state index >= 15 is 0 Å². The number of hydrogen-bond donors (Lipinski definition) is 1. The summed E-state index contributed by atoms with van der Waals surface area (Å²) < 4.78 is 32.0. The van der Waals surface area contributed by atoms with E-state index in [4.69, 9.17) is 4.42 Å². The van der Waals surface area contributed by atoms with E-state index in [1.165, 1.54) is 22.5 Å². The summed E-state index contributed by atoms with van der Waals surface area (Å²) in [5.74, 6) is 0. The minimum atomic E-state index is -3.54. The van der Waals surface area contributed by atoms with E-state index in [2.05, 4.69) is 5.32 Å². The number of rotatable bonds is 2. The topological polar surface area (TPSA) is 79.6 Å². The van der Waals surface area contributed by atoms with Gasteiger partial charge in [0.05, 0.1) is 4.90 Å². The maximum absolute atomic E-state index is 12.7. The van der Waals surface area contributed by atoms with Gasteiger partial charge in [-0.1, -0.05) is 0 Å². The lowest BCUT2D eigenvalue weighted by atomic mass is 10.2. The molecule has 1 aromatic heterocycles. The van der Waals surface area contributed by atoms with Crippen molar-refractivity contribution in [2.45, 2.75) is 17.9 Å². The van der Waals surface area contributed by atoms with Crippen LogP contribution in [-0.2, 0) is 10.0 Å². The summed E-state index contributed by atoms with van der Waals surface area (Å²) in [6.07, 6.45) is 0. The highest BCUT2D eigenvalue weighted by molar-refractivity contribution is 7.89. The van der Waals surface area contributed by atoms with Crippen LogP contribution in [0.15, 0.2) is 44.4 Å². The van der Waals surface area contributed by atoms with Crippen LogP contribution in [0.2, 0.25) is 0 Å². The van der Waals surface area contributed by atoms with E-state index in [1.807, 2.05) is 6.92 Å². The molecule has 1 aliphatic heterocycles. The third kappa shape index (κ3) is 3.03. The Balaban J connectivity index is 0.00000176. The first-order valence-electron chi connectivity index (χ1n) is 6.75. The number of halogens is 1. The zero-order valence-electron chi connectivity index (χ0n) is 12.0. The van der Waals surface area contributed by atoms with Crippen LogP contribution in [0.1, 0.15) is 6.92 Å². The molecule has 1 atom stereocenters. The third-order valence-electron chi connectivity index (χ3n) is 3.64. The standard InChI is InChI=1S/C14H16N2O4S.ClH/c1-10-9-15-6-7-16(10)21(18,19)12-3-4-13-11(8-12)2-5-14(17)20-13;/h2-5,8,10,15H,6-7,9H2,1H3;1H/t10-;/m1./s1. The van der Waals surface area contributed by atoms with Crippen molar-refractivity contribution < 1.29 is 12.8 Å². The highest BCUT2D eigenvalue weighted by Gasteiger charge is 2.30. The Kier molecular flexibility index (Phi) is 4.91. The van der Waals surface area contributed by atoms with Crippen molar-refractivity contribution in [3.05, 3.63) is 40.8 Å². The average Bonchev–Trinajstić information content (AvgIpc) is 2.47. The molecule has 0 unspecified atom stereocenters. The smallest absolute Gasteiger partial charge is 0.336 e. The lowest BCUT2D eigenvalue weighted by Crippen LogP contribution is -2.52. The zero-order chi connectivity index (χ0) is 15.0. The summed E-state index contributed by atoms with van der Waals surface area (Å²) in [5, 5.41) is 3.76. The SMILES string of the molecule is C[C@@H]1CNCCN1S(=O)(=O)c1ccc2oc(=O)ccc2c1.Cl. The molecule has 8 heteroatoms. The summed E-state index contributed by atoms with van der Waals surface area (Å²) in [4.78, 5) is 11.4. The van der Waals surface area contributed by atoms with Gasteiger partial charge < -0.3 is 9.73 Å². The molecule has 2 heterocycles. The van der Waals surface area contributed by atoms with E-state index in [-0.39, 0.29) is 23.3 Å². The molecule has 0 amide bonds. The fourth-order valence-corrected chi connectivity index (χ4v) is 4.19. The largest absolute Gasteiger partial charge is 0.423 e. The number of benzene rings is 1. The molecule has 22 heavy (non-hydrogen) atoms. The minimum absolute atomic E-state index is 0. The second-order valence-corrected chi connectivity index (χ2v) is 7.01. The van der Waals surface area contributed by atoms with Gasteiger partial charge in [0.15, 0.2) is 0 Å². The molecule has 3 rings (SSSR count). The van der Waals surface area contributed by atoms with Crippen molar-refractivity contribution in [1.82, 2.24) is 9.62 Å². The van der Waals surface area contributed by atoms with Crippen molar-refractivity contribution >= 4 is 33.4 Å².